The molecule has 0 saturated carbocycles. The number of aryl methyl sites for hydroxylation is 1. The maximum Gasteiger partial charge on any atom is 0.309 e. The molecule has 3 aromatic rings. The number of hydrogen-bond donors (Lipinski definition) is 2. The van der Waals surface area contributed by atoms with Crippen molar-refractivity contribution in [1.82, 2.24) is 9.38 Å². The van der Waals surface area contributed by atoms with Crippen molar-refractivity contribution in [1.29, 1.82) is 0 Å². The highest BCUT2D eigenvalue weighted by Crippen LogP contribution is 2.28. The van der Waals surface area contributed by atoms with Gasteiger partial charge >= 0.3 is 5.97 Å². The Morgan fingerprint density at radius 1 is 1.24 bits per heavy atom. The van der Waals surface area contributed by atoms with Crippen molar-refractivity contribution < 1.29 is 15.0 Å². The van der Waals surface area contributed by atoms with Gasteiger partial charge in [-0.15, -0.1) is 0 Å². The van der Waals surface area contributed by atoms with E-state index in [1.807, 2.05) is 31.2 Å². The second-order valence-electron chi connectivity index (χ2n) is 4.93. The first-order valence-corrected chi connectivity index (χ1v) is 6.54. The molecule has 106 valence electrons. The number of nitrogens with zero attached hydrogens (tertiary/aromatic N) is 2. The van der Waals surface area contributed by atoms with E-state index in [-0.39, 0.29) is 12.2 Å². The Balaban J connectivity index is 2.27. The number of carboxylic acid groups (broad SMARTS) is 1. The van der Waals surface area contributed by atoms with Crippen molar-refractivity contribution in [3.05, 3.63) is 53.9 Å². The van der Waals surface area contributed by atoms with E-state index in [4.69, 9.17) is 5.11 Å². The minimum atomic E-state index is -0.937. The number of carbonyl (C=O) groups is 1. The SMILES string of the molecule is Cc1ccc(-c2nc3c(O)cccn3c2CC(=O)O)cc1. The van der Waals surface area contributed by atoms with Gasteiger partial charge in [-0.3, -0.25) is 9.20 Å². The van der Waals surface area contributed by atoms with Gasteiger partial charge in [-0.05, 0) is 19.1 Å². The Labute approximate surface area is 121 Å². The van der Waals surface area contributed by atoms with E-state index in [1.165, 1.54) is 6.07 Å². The highest BCUT2D eigenvalue weighted by Gasteiger charge is 2.18. The molecule has 0 bridgehead atoms. The molecule has 5 nitrogen and oxygen atoms in total. The fourth-order valence-corrected chi connectivity index (χ4v) is 2.36. The molecular weight excluding hydrogens is 268 g/mol. The number of imidazole rings is 1. The second kappa shape index (κ2) is 4.94. The number of aliphatic carboxylic acids is 1. The fraction of sp³-hybridized carbons (Fsp3) is 0.125. The van der Waals surface area contributed by atoms with Crippen molar-refractivity contribution >= 4 is 11.6 Å². The van der Waals surface area contributed by atoms with Gasteiger partial charge in [0.15, 0.2) is 11.4 Å². The lowest BCUT2D eigenvalue weighted by atomic mass is 10.1. The van der Waals surface area contributed by atoms with Gasteiger partial charge in [0.2, 0.25) is 0 Å². The molecule has 2 aromatic heterocycles. The lowest BCUT2D eigenvalue weighted by Gasteiger charge is -2.03. The highest BCUT2D eigenvalue weighted by atomic mass is 16.4. The molecule has 2 N–H and O–H groups in total. The highest BCUT2D eigenvalue weighted by molar-refractivity contribution is 5.77. The van der Waals surface area contributed by atoms with E-state index in [0.717, 1.165) is 11.1 Å². The van der Waals surface area contributed by atoms with Crippen LogP contribution >= 0.6 is 0 Å². The lowest BCUT2D eigenvalue weighted by Crippen LogP contribution is -2.04. The number of hydrogen-bond acceptors (Lipinski definition) is 3. The summed E-state index contributed by atoms with van der Waals surface area (Å²) in [6.07, 6.45) is 1.55. The van der Waals surface area contributed by atoms with Crippen molar-refractivity contribution in [2.24, 2.45) is 0 Å². The van der Waals surface area contributed by atoms with Crippen LogP contribution < -0.4 is 0 Å². The molecule has 0 unspecified atom stereocenters. The van der Waals surface area contributed by atoms with Gasteiger partial charge in [-0.1, -0.05) is 29.8 Å². The van der Waals surface area contributed by atoms with Crippen molar-refractivity contribution in [2.75, 3.05) is 0 Å². The molecule has 0 aliphatic rings. The number of aromatic hydroxyl groups is 1. The number of carboxylic acids is 1. The average molecular weight is 282 g/mol. The number of aromatic nitrogens is 2. The number of benzene rings is 1. The monoisotopic (exact) mass is 282 g/mol. The zero-order valence-electron chi connectivity index (χ0n) is 11.4. The van der Waals surface area contributed by atoms with Crippen molar-refractivity contribution in [3.63, 3.8) is 0 Å². The van der Waals surface area contributed by atoms with E-state index in [0.29, 0.717) is 17.0 Å². The minimum Gasteiger partial charge on any atom is -0.504 e. The second-order valence-corrected chi connectivity index (χ2v) is 4.93. The summed E-state index contributed by atoms with van der Waals surface area (Å²) in [7, 11) is 0. The molecule has 0 aliphatic carbocycles. The van der Waals surface area contributed by atoms with Gasteiger partial charge in [0.1, 0.15) is 0 Å². The van der Waals surface area contributed by atoms with Crippen LogP contribution in [0.3, 0.4) is 0 Å². The normalized spacial score (nSPS) is 10.9. The zero-order valence-corrected chi connectivity index (χ0v) is 11.4. The van der Waals surface area contributed by atoms with Gasteiger partial charge in [0.05, 0.1) is 17.8 Å². The maximum absolute atomic E-state index is 11.1. The molecule has 0 fully saturated rings. The van der Waals surface area contributed by atoms with Gasteiger partial charge in [-0.2, -0.15) is 0 Å². The number of fused-ring (bicyclic) bond motifs is 1. The molecule has 0 saturated heterocycles. The number of rotatable bonds is 3. The molecule has 5 heteroatoms. The van der Waals surface area contributed by atoms with E-state index in [9.17, 15) is 9.90 Å². The first-order chi connectivity index (χ1) is 10.1. The predicted molar refractivity (Wildman–Crippen MR) is 78.4 cm³/mol. The van der Waals surface area contributed by atoms with Crippen LogP contribution in [0, 0.1) is 6.92 Å². The average Bonchev–Trinajstić information content (AvgIpc) is 2.80. The molecular formula is C16H14N2O3. The Morgan fingerprint density at radius 2 is 1.95 bits per heavy atom. The third-order valence-corrected chi connectivity index (χ3v) is 3.37. The van der Waals surface area contributed by atoms with Crippen LogP contribution in [0.5, 0.6) is 5.75 Å². The molecule has 0 radical (unpaired) electrons. The third-order valence-electron chi connectivity index (χ3n) is 3.37. The topological polar surface area (TPSA) is 74.8 Å². The van der Waals surface area contributed by atoms with Crippen LogP contribution in [0.1, 0.15) is 11.3 Å². The summed E-state index contributed by atoms with van der Waals surface area (Å²) >= 11 is 0. The third kappa shape index (κ3) is 2.33. The van der Waals surface area contributed by atoms with Crippen LogP contribution in [0.2, 0.25) is 0 Å². The smallest absolute Gasteiger partial charge is 0.309 e. The van der Waals surface area contributed by atoms with Gasteiger partial charge in [0.25, 0.3) is 0 Å². The standard InChI is InChI=1S/C16H14N2O3/c1-10-4-6-11(7-5-10)15-12(9-14(20)21)18-8-2-3-13(19)16(18)17-15/h2-8,19H,9H2,1H3,(H,20,21). The molecule has 3 rings (SSSR count). The number of pyridine rings is 1. The van der Waals surface area contributed by atoms with Gasteiger partial charge in [0, 0.05) is 11.8 Å². The molecule has 0 spiro atoms. The first-order valence-electron chi connectivity index (χ1n) is 6.54. The Morgan fingerprint density at radius 3 is 2.62 bits per heavy atom. The van der Waals surface area contributed by atoms with Crippen LogP contribution in [-0.2, 0) is 11.2 Å². The van der Waals surface area contributed by atoms with E-state index < -0.39 is 5.97 Å². The summed E-state index contributed by atoms with van der Waals surface area (Å²) in [4.78, 5) is 15.5. The van der Waals surface area contributed by atoms with Gasteiger partial charge in [-0.25, -0.2) is 4.98 Å². The summed E-state index contributed by atoms with van der Waals surface area (Å²) in [5.74, 6) is -0.906. The van der Waals surface area contributed by atoms with Crippen molar-refractivity contribution in [3.8, 4) is 17.0 Å². The predicted octanol–water partition coefficient (Wildman–Crippen LogP) is 2.64. The molecule has 0 atom stereocenters. The van der Waals surface area contributed by atoms with Crippen molar-refractivity contribution in [2.45, 2.75) is 13.3 Å². The molecule has 2 heterocycles. The molecule has 1 aromatic carbocycles. The first kappa shape index (κ1) is 13.2. The Kier molecular flexibility index (Phi) is 3.10. The summed E-state index contributed by atoms with van der Waals surface area (Å²) in [6.45, 7) is 1.98. The quantitative estimate of drug-likeness (QED) is 0.774. The van der Waals surface area contributed by atoms with Crippen LogP contribution in [-0.4, -0.2) is 25.6 Å². The Hall–Kier alpha value is -2.82. The molecule has 21 heavy (non-hydrogen) atoms. The Bertz CT molecular complexity index is 819. The van der Waals surface area contributed by atoms with Gasteiger partial charge < -0.3 is 10.2 Å². The van der Waals surface area contributed by atoms with E-state index in [2.05, 4.69) is 4.98 Å². The van der Waals surface area contributed by atoms with Crippen LogP contribution in [0.15, 0.2) is 42.6 Å². The summed E-state index contributed by atoms with van der Waals surface area (Å²) < 4.78 is 1.62. The minimum absolute atomic E-state index is 0.0301. The fourth-order valence-electron chi connectivity index (χ4n) is 2.36. The summed E-state index contributed by atoms with van der Waals surface area (Å²) in [5, 5.41) is 19.0. The summed E-state index contributed by atoms with van der Waals surface area (Å²) in [5.41, 5.74) is 3.45. The van der Waals surface area contributed by atoms with Crippen LogP contribution in [0.25, 0.3) is 16.9 Å². The zero-order chi connectivity index (χ0) is 15.0. The molecule has 0 aliphatic heterocycles. The lowest BCUT2D eigenvalue weighted by molar-refractivity contribution is -0.136. The molecule has 0 amide bonds. The summed E-state index contributed by atoms with van der Waals surface area (Å²) in [6, 6.07) is 10.9. The maximum atomic E-state index is 11.1. The van der Waals surface area contributed by atoms with E-state index >= 15 is 0 Å². The van der Waals surface area contributed by atoms with Crippen LogP contribution in [0.4, 0.5) is 0 Å². The van der Waals surface area contributed by atoms with E-state index in [1.54, 1.807) is 16.7 Å². The largest absolute Gasteiger partial charge is 0.504 e.